The van der Waals surface area contributed by atoms with Crippen molar-refractivity contribution >= 4 is 12.1 Å². The van der Waals surface area contributed by atoms with E-state index in [4.69, 9.17) is 0 Å². The van der Waals surface area contributed by atoms with Gasteiger partial charge in [-0.1, -0.05) is 38.1 Å². The van der Waals surface area contributed by atoms with Gasteiger partial charge in [-0.15, -0.1) is 0 Å². The lowest BCUT2D eigenvalue weighted by Gasteiger charge is -2.05. The number of ketones is 1. The lowest BCUT2D eigenvalue weighted by Crippen LogP contribution is -2.11. The Kier molecular flexibility index (Phi) is 3.57. The summed E-state index contributed by atoms with van der Waals surface area (Å²) in [6.45, 7) is 3.73. The molecule has 0 N–H and O–H groups in total. The van der Waals surface area contributed by atoms with E-state index in [0.29, 0.717) is 12.0 Å². The van der Waals surface area contributed by atoms with Crippen molar-refractivity contribution in [2.24, 2.45) is 5.92 Å². The van der Waals surface area contributed by atoms with Gasteiger partial charge in [0.05, 0.1) is 0 Å². The van der Waals surface area contributed by atoms with Crippen molar-refractivity contribution in [3.8, 4) is 0 Å². The number of carbonyl (C=O) groups excluding carboxylic acids is 2. The van der Waals surface area contributed by atoms with Crippen molar-refractivity contribution in [3.63, 3.8) is 0 Å². The lowest BCUT2D eigenvalue weighted by molar-refractivity contribution is -0.121. The summed E-state index contributed by atoms with van der Waals surface area (Å²) in [5.74, 6) is 0.189. The van der Waals surface area contributed by atoms with Gasteiger partial charge in [-0.25, -0.2) is 0 Å². The predicted molar refractivity (Wildman–Crippen MR) is 55.4 cm³/mol. The van der Waals surface area contributed by atoms with Crippen LogP contribution in [0.4, 0.5) is 0 Å². The molecule has 0 radical (unpaired) electrons. The SMILES string of the molecule is CC(C)C(=O)Cc1ccccc1C=O. The maximum atomic E-state index is 11.5. The molecule has 2 nitrogen and oxygen atoms in total. The number of aldehydes is 1. The van der Waals surface area contributed by atoms with Crippen molar-refractivity contribution in [1.29, 1.82) is 0 Å². The molecule has 0 aliphatic rings. The van der Waals surface area contributed by atoms with Crippen LogP contribution in [0.25, 0.3) is 0 Å². The molecule has 0 spiro atoms. The second-order valence-corrected chi connectivity index (χ2v) is 3.61. The first-order valence-electron chi connectivity index (χ1n) is 4.71. The predicted octanol–water partition coefficient (Wildman–Crippen LogP) is 2.27. The number of hydrogen-bond acceptors (Lipinski definition) is 2. The molecule has 1 aromatic carbocycles. The topological polar surface area (TPSA) is 34.1 Å². The quantitative estimate of drug-likeness (QED) is 0.682. The molecule has 14 heavy (non-hydrogen) atoms. The zero-order valence-electron chi connectivity index (χ0n) is 8.49. The van der Waals surface area contributed by atoms with Crippen molar-refractivity contribution < 1.29 is 9.59 Å². The van der Waals surface area contributed by atoms with Gasteiger partial charge in [0.1, 0.15) is 12.1 Å². The van der Waals surface area contributed by atoms with E-state index in [-0.39, 0.29) is 11.7 Å². The van der Waals surface area contributed by atoms with Crippen LogP contribution in [0.5, 0.6) is 0 Å². The summed E-state index contributed by atoms with van der Waals surface area (Å²) in [7, 11) is 0. The molecular formula is C12H14O2. The fraction of sp³-hybridized carbons (Fsp3) is 0.333. The number of benzene rings is 1. The Hall–Kier alpha value is -1.44. The number of rotatable bonds is 4. The Balaban J connectivity index is 2.85. The number of Topliss-reactive ketones (excluding diaryl/α,β-unsaturated/α-hetero) is 1. The third-order valence-corrected chi connectivity index (χ3v) is 2.19. The highest BCUT2D eigenvalue weighted by Gasteiger charge is 2.10. The largest absolute Gasteiger partial charge is 0.299 e. The van der Waals surface area contributed by atoms with Crippen LogP contribution in [-0.2, 0) is 11.2 Å². The van der Waals surface area contributed by atoms with Crippen LogP contribution in [0.2, 0.25) is 0 Å². The van der Waals surface area contributed by atoms with Crippen LogP contribution in [-0.4, -0.2) is 12.1 Å². The maximum absolute atomic E-state index is 11.5. The molecule has 0 heterocycles. The lowest BCUT2D eigenvalue weighted by atomic mass is 9.98. The second-order valence-electron chi connectivity index (χ2n) is 3.61. The van der Waals surface area contributed by atoms with Gasteiger partial charge in [0, 0.05) is 17.9 Å². The van der Waals surface area contributed by atoms with Crippen LogP contribution in [0.15, 0.2) is 24.3 Å². The highest BCUT2D eigenvalue weighted by atomic mass is 16.1. The Labute approximate surface area is 83.9 Å². The van der Waals surface area contributed by atoms with Gasteiger partial charge in [0.2, 0.25) is 0 Å². The van der Waals surface area contributed by atoms with Crippen LogP contribution in [0, 0.1) is 5.92 Å². The molecule has 74 valence electrons. The molecule has 2 heteroatoms. The summed E-state index contributed by atoms with van der Waals surface area (Å²) >= 11 is 0. The third-order valence-electron chi connectivity index (χ3n) is 2.19. The molecule has 0 atom stereocenters. The molecule has 0 aliphatic carbocycles. The molecule has 0 amide bonds. The van der Waals surface area contributed by atoms with Gasteiger partial charge >= 0.3 is 0 Å². The molecule has 1 rings (SSSR count). The molecule has 0 unspecified atom stereocenters. The van der Waals surface area contributed by atoms with Crippen LogP contribution >= 0.6 is 0 Å². The van der Waals surface area contributed by atoms with Crippen LogP contribution < -0.4 is 0 Å². The zero-order chi connectivity index (χ0) is 10.6. The first-order chi connectivity index (χ1) is 6.65. The number of hydrogen-bond donors (Lipinski definition) is 0. The monoisotopic (exact) mass is 190 g/mol. The van der Waals surface area contributed by atoms with Crippen LogP contribution in [0.1, 0.15) is 29.8 Å². The van der Waals surface area contributed by atoms with E-state index in [0.717, 1.165) is 11.8 Å². The fourth-order valence-electron chi connectivity index (χ4n) is 1.20. The normalized spacial score (nSPS) is 10.2. The second kappa shape index (κ2) is 4.70. The minimum atomic E-state index is 0.0229. The summed E-state index contributed by atoms with van der Waals surface area (Å²) < 4.78 is 0. The van der Waals surface area contributed by atoms with E-state index in [1.54, 1.807) is 12.1 Å². The Morgan fingerprint density at radius 2 is 2.00 bits per heavy atom. The molecule has 0 aromatic heterocycles. The third kappa shape index (κ3) is 2.52. The van der Waals surface area contributed by atoms with Crippen molar-refractivity contribution in [1.82, 2.24) is 0 Å². The molecule has 0 saturated heterocycles. The van der Waals surface area contributed by atoms with Gasteiger partial charge < -0.3 is 0 Å². The van der Waals surface area contributed by atoms with E-state index in [1.165, 1.54) is 0 Å². The first kappa shape index (κ1) is 10.6. The maximum Gasteiger partial charge on any atom is 0.150 e. The smallest absolute Gasteiger partial charge is 0.150 e. The van der Waals surface area contributed by atoms with E-state index in [9.17, 15) is 9.59 Å². The number of carbonyl (C=O) groups is 2. The van der Waals surface area contributed by atoms with Crippen molar-refractivity contribution in [2.45, 2.75) is 20.3 Å². The minimum Gasteiger partial charge on any atom is -0.299 e. The van der Waals surface area contributed by atoms with E-state index in [2.05, 4.69) is 0 Å². The molecule has 0 bridgehead atoms. The molecular weight excluding hydrogens is 176 g/mol. The molecule has 0 saturated carbocycles. The summed E-state index contributed by atoms with van der Waals surface area (Å²) in [6.07, 6.45) is 1.15. The zero-order valence-corrected chi connectivity index (χ0v) is 8.49. The van der Waals surface area contributed by atoms with Gasteiger partial charge in [-0.2, -0.15) is 0 Å². The van der Waals surface area contributed by atoms with Gasteiger partial charge in [-0.05, 0) is 5.56 Å². The average Bonchev–Trinajstić information content (AvgIpc) is 2.18. The Morgan fingerprint density at radius 1 is 1.36 bits per heavy atom. The fourth-order valence-corrected chi connectivity index (χ4v) is 1.20. The van der Waals surface area contributed by atoms with Gasteiger partial charge in [0.25, 0.3) is 0 Å². The van der Waals surface area contributed by atoms with Crippen LogP contribution in [0.3, 0.4) is 0 Å². The summed E-state index contributed by atoms with van der Waals surface area (Å²) in [5, 5.41) is 0. The summed E-state index contributed by atoms with van der Waals surface area (Å²) in [4.78, 5) is 22.1. The highest BCUT2D eigenvalue weighted by Crippen LogP contribution is 2.10. The van der Waals surface area contributed by atoms with Gasteiger partial charge in [-0.3, -0.25) is 9.59 Å². The Bertz CT molecular complexity index is 340. The minimum absolute atomic E-state index is 0.0229. The molecule has 1 aromatic rings. The standard InChI is InChI=1S/C12H14O2/c1-9(2)12(14)7-10-5-3-4-6-11(10)8-13/h3-6,8-9H,7H2,1-2H3. The average molecular weight is 190 g/mol. The van der Waals surface area contributed by atoms with Gasteiger partial charge in [0.15, 0.2) is 0 Å². The van der Waals surface area contributed by atoms with E-state index < -0.39 is 0 Å². The van der Waals surface area contributed by atoms with Crippen molar-refractivity contribution in [2.75, 3.05) is 0 Å². The Morgan fingerprint density at radius 3 is 2.57 bits per heavy atom. The summed E-state index contributed by atoms with van der Waals surface area (Å²) in [6, 6.07) is 7.20. The first-order valence-corrected chi connectivity index (χ1v) is 4.71. The molecule has 0 aliphatic heterocycles. The van der Waals surface area contributed by atoms with Crippen molar-refractivity contribution in [3.05, 3.63) is 35.4 Å². The van der Waals surface area contributed by atoms with E-state index >= 15 is 0 Å². The highest BCUT2D eigenvalue weighted by molar-refractivity contribution is 5.86. The molecule has 0 fully saturated rings. The van der Waals surface area contributed by atoms with E-state index in [1.807, 2.05) is 26.0 Å². The summed E-state index contributed by atoms with van der Waals surface area (Å²) in [5.41, 5.74) is 1.43.